The van der Waals surface area contributed by atoms with Gasteiger partial charge in [-0.1, -0.05) is 125 Å². The zero-order chi connectivity index (χ0) is 26.5. The van der Waals surface area contributed by atoms with E-state index >= 15 is 0 Å². The van der Waals surface area contributed by atoms with Gasteiger partial charge >= 0.3 is 5.97 Å². The molecule has 0 aliphatic heterocycles. The van der Waals surface area contributed by atoms with E-state index < -0.39 is 0 Å². The third-order valence-corrected chi connectivity index (χ3v) is 4.78. The van der Waals surface area contributed by atoms with Crippen LogP contribution in [0.25, 0.3) is 0 Å². The van der Waals surface area contributed by atoms with E-state index in [4.69, 9.17) is 0 Å². The Bertz CT molecular complexity index is 990. The van der Waals surface area contributed by atoms with Gasteiger partial charge in [0.25, 0.3) is 0 Å². The highest BCUT2D eigenvalue weighted by molar-refractivity contribution is 5.82. The van der Waals surface area contributed by atoms with Gasteiger partial charge in [0.05, 0.1) is 7.11 Å². The van der Waals surface area contributed by atoms with Gasteiger partial charge in [-0.05, 0) is 61.3 Å². The molecule has 35 heavy (non-hydrogen) atoms. The summed E-state index contributed by atoms with van der Waals surface area (Å²) in [6, 6.07) is 0. The molecule has 0 fully saturated rings. The molecule has 0 N–H and O–H groups in total. The second kappa shape index (κ2) is 20.0. The number of methoxy groups -OCH3 is 1. The number of esters is 1. The van der Waals surface area contributed by atoms with Gasteiger partial charge in [0.15, 0.2) is 0 Å². The zero-order valence-corrected chi connectivity index (χ0v) is 23.0. The highest BCUT2D eigenvalue weighted by atomic mass is 16.5. The van der Waals surface area contributed by atoms with Crippen LogP contribution in [0.1, 0.15) is 61.3 Å². The van der Waals surface area contributed by atoms with Gasteiger partial charge in [-0.3, -0.25) is 0 Å². The molecular formula is C33H44O2. The summed E-state index contributed by atoms with van der Waals surface area (Å²) in [5.74, 6) is -0.353. The fourth-order valence-electron chi connectivity index (χ4n) is 2.64. The van der Waals surface area contributed by atoms with Crippen LogP contribution in [0, 0.1) is 0 Å². The number of carbonyl (C=O) groups is 1. The minimum atomic E-state index is -0.353. The van der Waals surface area contributed by atoms with Crippen molar-refractivity contribution in [3.8, 4) is 0 Å². The topological polar surface area (TPSA) is 26.3 Å². The molecule has 0 rings (SSSR count). The number of hydrogen-bond acceptors (Lipinski definition) is 2. The maximum Gasteiger partial charge on any atom is 0.330 e. The molecule has 188 valence electrons. The molecule has 0 saturated carbocycles. The van der Waals surface area contributed by atoms with Crippen molar-refractivity contribution >= 4 is 5.97 Å². The van der Waals surface area contributed by atoms with Crippen LogP contribution in [0.4, 0.5) is 0 Å². The molecule has 0 aliphatic carbocycles. The molecule has 0 bridgehead atoms. The summed E-state index contributed by atoms with van der Waals surface area (Å²) in [7, 11) is 1.37. The second-order valence-electron chi connectivity index (χ2n) is 8.79. The molecule has 0 radical (unpaired) electrons. The van der Waals surface area contributed by atoms with Crippen LogP contribution in [0.3, 0.4) is 0 Å². The molecule has 0 atom stereocenters. The molecule has 2 heteroatoms. The van der Waals surface area contributed by atoms with Crippen molar-refractivity contribution in [1.29, 1.82) is 0 Å². The van der Waals surface area contributed by atoms with Crippen LogP contribution < -0.4 is 0 Å². The van der Waals surface area contributed by atoms with E-state index in [0.717, 1.165) is 24.0 Å². The Hall–Kier alpha value is -3.39. The quantitative estimate of drug-likeness (QED) is 0.115. The first-order valence-corrected chi connectivity index (χ1v) is 12.1. The van der Waals surface area contributed by atoms with Crippen molar-refractivity contribution in [3.63, 3.8) is 0 Å². The highest BCUT2D eigenvalue weighted by Crippen LogP contribution is 2.08. The zero-order valence-electron chi connectivity index (χ0n) is 23.0. The lowest BCUT2D eigenvalue weighted by molar-refractivity contribution is -0.134. The summed E-state index contributed by atoms with van der Waals surface area (Å²) in [6.07, 6.45) is 34.6. The number of hydrogen-bond donors (Lipinski definition) is 0. The minimum absolute atomic E-state index is 0.353. The molecule has 0 heterocycles. The summed E-state index contributed by atoms with van der Waals surface area (Å²) < 4.78 is 4.58. The predicted octanol–water partition coefficient (Wildman–Crippen LogP) is 9.42. The lowest BCUT2D eigenvalue weighted by Gasteiger charge is -1.96. The molecule has 0 aliphatic rings. The molecular weight excluding hydrogens is 428 g/mol. The Kier molecular flexibility index (Phi) is 18.1. The monoisotopic (exact) mass is 472 g/mol. The lowest BCUT2D eigenvalue weighted by atomic mass is 10.1. The van der Waals surface area contributed by atoms with Crippen LogP contribution >= 0.6 is 0 Å². The Morgan fingerprint density at radius 1 is 0.571 bits per heavy atom. The van der Waals surface area contributed by atoms with Gasteiger partial charge in [0.2, 0.25) is 0 Å². The standard InChI is InChI=1S/C33H44O2/c1-27(2)15-11-18-30(5)21-13-23-31(6)22-12-19-28(3)16-9-10-17-29(4)20-14-24-32(7)25-26-33(34)35-8/h9-10,12-17,19-26H,11,18H2,1-8H3/b10-9+,19-12+,20-14+,23-13+,26-25+,28-16+,29-17+,30-21+,31-22+,32-24-. The van der Waals surface area contributed by atoms with Crippen molar-refractivity contribution in [2.45, 2.75) is 61.3 Å². The Labute approximate surface area is 214 Å². The first-order valence-electron chi connectivity index (χ1n) is 12.1. The molecule has 0 aromatic rings. The second-order valence-corrected chi connectivity index (χ2v) is 8.79. The van der Waals surface area contributed by atoms with Crippen LogP contribution in [0.15, 0.2) is 131 Å². The predicted molar refractivity (Wildman–Crippen MR) is 155 cm³/mol. The van der Waals surface area contributed by atoms with E-state index in [1.54, 1.807) is 6.08 Å². The summed E-state index contributed by atoms with van der Waals surface area (Å²) >= 11 is 0. The third kappa shape index (κ3) is 20.9. The van der Waals surface area contributed by atoms with E-state index in [2.05, 4.69) is 94.0 Å². The van der Waals surface area contributed by atoms with E-state index in [-0.39, 0.29) is 5.97 Å². The average Bonchev–Trinajstić information content (AvgIpc) is 2.80. The molecule has 0 aromatic heterocycles. The van der Waals surface area contributed by atoms with Gasteiger partial charge in [-0.2, -0.15) is 0 Å². The van der Waals surface area contributed by atoms with Crippen molar-refractivity contribution in [2.24, 2.45) is 0 Å². The normalized spacial score (nSPS) is 14.9. The van der Waals surface area contributed by atoms with Gasteiger partial charge in [0, 0.05) is 6.08 Å². The molecule has 0 amide bonds. The van der Waals surface area contributed by atoms with Crippen LogP contribution in [0.5, 0.6) is 0 Å². The maximum absolute atomic E-state index is 11.1. The Morgan fingerprint density at radius 2 is 1.00 bits per heavy atom. The van der Waals surface area contributed by atoms with Gasteiger partial charge in [0.1, 0.15) is 0 Å². The molecule has 0 spiro atoms. The van der Waals surface area contributed by atoms with E-state index in [9.17, 15) is 4.79 Å². The van der Waals surface area contributed by atoms with Gasteiger partial charge in [-0.25, -0.2) is 4.79 Å². The summed E-state index contributed by atoms with van der Waals surface area (Å²) in [5.41, 5.74) is 7.28. The fourth-order valence-corrected chi connectivity index (χ4v) is 2.64. The number of allylic oxidation sites excluding steroid dienone is 21. The summed E-state index contributed by atoms with van der Waals surface area (Å²) in [6.45, 7) is 14.6. The smallest absolute Gasteiger partial charge is 0.330 e. The van der Waals surface area contributed by atoms with Crippen molar-refractivity contribution < 1.29 is 9.53 Å². The SMILES string of the molecule is COC(=O)/C=C/C(C)=C\C=C\C(C)=C\C=C\C=C(C)\C=C\C=C(C)\C=C\C=C(/C)CCC=C(C)C. The first kappa shape index (κ1) is 31.6. The van der Waals surface area contributed by atoms with Crippen LogP contribution in [-0.2, 0) is 9.53 Å². The van der Waals surface area contributed by atoms with Crippen molar-refractivity contribution in [2.75, 3.05) is 7.11 Å². The summed E-state index contributed by atoms with van der Waals surface area (Å²) in [5, 5.41) is 0. The largest absolute Gasteiger partial charge is 0.466 e. The van der Waals surface area contributed by atoms with Crippen LogP contribution in [-0.4, -0.2) is 13.1 Å². The lowest BCUT2D eigenvalue weighted by Crippen LogP contribution is -1.93. The Balaban J connectivity index is 4.68. The van der Waals surface area contributed by atoms with Crippen molar-refractivity contribution in [3.05, 3.63) is 131 Å². The van der Waals surface area contributed by atoms with E-state index in [1.807, 2.05) is 44.2 Å². The minimum Gasteiger partial charge on any atom is -0.466 e. The third-order valence-electron chi connectivity index (χ3n) is 4.78. The number of carbonyl (C=O) groups excluding carboxylic acids is 1. The van der Waals surface area contributed by atoms with E-state index in [0.29, 0.717) is 0 Å². The van der Waals surface area contributed by atoms with Crippen LogP contribution in [0.2, 0.25) is 0 Å². The highest BCUT2D eigenvalue weighted by Gasteiger charge is 1.89. The molecule has 0 unspecified atom stereocenters. The molecule has 0 aromatic carbocycles. The molecule has 2 nitrogen and oxygen atoms in total. The van der Waals surface area contributed by atoms with E-state index in [1.165, 1.54) is 35.5 Å². The molecule has 0 saturated heterocycles. The van der Waals surface area contributed by atoms with Gasteiger partial charge < -0.3 is 4.74 Å². The fraction of sp³-hybridized carbons (Fsp3) is 0.303. The number of rotatable bonds is 13. The average molecular weight is 473 g/mol. The number of ether oxygens (including phenoxy) is 1. The Morgan fingerprint density at radius 3 is 1.46 bits per heavy atom. The van der Waals surface area contributed by atoms with Crippen molar-refractivity contribution in [1.82, 2.24) is 0 Å². The maximum atomic E-state index is 11.1. The first-order chi connectivity index (χ1) is 16.6. The summed E-state index contributed by atoms with van der Waals surface area (Å²) in [4.78, 5) is 11.1. The van der Waals surface area contributed by atoms with Gasteiger partial charge in [-0.15, -0.1) is 0 Å².